The van der Waals surface area contributed by atoms with Crippen LogP contribution in [0.3, 0.4) is 0 Å². The van der Waals surface area contributed by atoms with E-state index in [1.165, 1.54) is 0 Å². The molecule has 92 valence electrons. The Hall–Kier alpha value is -0.170. The van der Waals surface area contributed by atoms with E-state index in [0.29, 0.717) is 19.6 Å². The standard InChI is InChI=1S/C9H22N2O3S/c1-8(12)7-10-5-6-11-15(13,14)9(2,3)4/h8,10-12H,5-7H2,1-4H3. The molecule has 0 saturated heterocycles. The molecule has 6 heteroatoms. The minimum atomic E-state index is -3.25. The summed E-state index contributed by atoms with van der Waals surface area (Å²) < 4.78 is 24.8. The van der Waals surface area contributed by atoms with Crippen LogP contribution in [0.1, 0.15) is 27.7 Å². The highest BCUT2D eigenvalue weighted by Gasteiger charge is 2.27. The Morgan fingerprint density at radius 3 is 2.20 bits per heavy atom. The summed E-state index contributed by atoms with van der Waals surface area (Å²) in [7, 11) is -3.25. The minimum absolute atomic E-state index is 0.340. The zero-order valence-corrected chi connectivity index (χ0v) is 10.7. The monoisotopic (exact) mass is 238 g/mol. The quantitative estimate of drug-likeness (QED) is 0.554. The molecule has 0 heterocycles. The van der Waals surface area contributed by atoms with Gasteiger partial charge < -0.3 is 10.4 Å². The summed E-state index contributed by atoms with van der Waals surface area (Å²) in [6.07, 6.45) is -0.413. The van der Waals surface area contributed by atoms with Gasteiger partial charge in [-0.3, -0.25) is 0 Å². The molecule has 0 amide bonds. The zero-order chi connectivity index (χ0) is 12.1. The fraction of sp³-hybridized carbons (Fsp3) is 1.00. The molecule has 5 nitrogen and oxygen atoms in total. The van der Waals surface area contributed by atoms with Crippen molar-refractivity contribution in [3.05, 3.63) is 0 Å². The molecule has 0 rings (SSSR count). The summed E-state index contributed by atoms with van der Waals surface area (Å²) in [4.78, 5) is 0. The third-order valence-electron chi connectivity index (χ3n) is 1.84. The molecule has 0 radical (unpaired) electrons. The second-order valence-electron chi connectivity index (χ2n) is 4.56. The predicted octanol–water partition coefficient (Wildman–Crippen LogP) is -0.325. The summed E-state index contributed by atoms with van der Waals surface area (Å²) >= 11 is 0. The largest absolute Gasteiger partial charge is 0.392 e. The molecule has 1 unspecified atom stereocenters. The Bertz CT molecular complexity index is 268. The number of hydrogen-bond acceptors (Lipinski definition) is 4. The molecular formula is C9H22N2O3S. The highest BCUT2D eigenvalue weighted by atomic mass is 32.2. The Labute approximate surface area is 92.3 Å². The molecule has 0 spiro atoms. The SMILES string of the molecule is CC(O)CNCCNS(=O)(=O)C(C)(C)C. The second kappa shape index (κ2) is 5.79. The molecule has 0 aromatic carbocycles. The number of nitrogens with one attached hydrogen (secondary N) is 2. The van der Waals surface area contributed by atoms with Gasteiger partial charge in [-0.15, -0.1) is 0 Å². The van der Waals surface area contributed by atoms with Crippen LogP contribution in [0.25, 0.3) is 0 Å². The summed E-state index contributed by atoms with van der Waals surface area (Å²) in [5.74, 6) is 0. The topological polar surface area (TPSA) is 78.4 Å². The van der Waals surface area contributed by atoms with Gasteiger partial charge in [0.05, 0.1) is 10.9 Å². The van der Waals surface area contributed by atoms with Crippen molar-refractivity contribution in [1.82, 2.24) is 10.0 Å². The van der Waals surface area contributed by atoms with Crippen molar-refractivity contribution in [3.63, 3.8) is 0 Å². The van der Waals surface area contributed by atoms with Gasteiger partial charge in [-0.1, -0.05) is 0 Å². The lowest BCUT2D eigenvalue weighted by atomic mass is 10.3. The van der Waals surface area contributed by atoms with Crippen molar-refractivity contribution in [2.75, 3.05) is 19.6 Å². The smallest absolute Gasteiger partial charge is 0.216 e. The second-order valence-corrected chi connectivity index (χ2v) is 7.08. The van der Waals surface area contributed by atoms with Gasteiger partial charge in [-0.05, 0) is 27.7 Å². The van der Waals surface area contributed by atoms with E-state index in [9.17, 15) is 8.42 Å². The average Bonchev–Trinajstić information content (AvgIpc) is 2.00. The van der Waals surface area contributed by atoms with E-state index in [1.54, 1.807) is 27.7 Å². The lowest BCUT2D eigenvalue weighted by molar-refractivity contribution is 0.192. The molecular weight excluding hydrogens is 216 g/mol. The summed E-state index contributed by atoms with van der Waals surface area (Å²) in [6.45, 7) is 7.95. The van der Waals surface area contributed by atoms with E-state index < -0.39 is 20.9 Å². The third-order valence-corrected chi connectivity index (χ3v) is 4.04. The zero-order valence-electron chi connectivity index (χ0n) is 9.87. The lowest BCUT2D eigenvalue weighted by Gasteiger charge is -2.19. The van der Waals surface area contributed by atoms with Crippen molar-refractivity contribution in [2.45, 2.75) is 38.5 Å². The number of rotatable bonds is 6. The van der Waals surface area contributed by atoms with E-state index in [-0.39, 0.29) is 0 Å². The van der Waals surface area contributed by atoms with Gasteiger partial charge in [0.2, 0.25) is 10.0 Å². The molecule has 0 bridgehead atoms. The predicted molar refractivity (Wildman–Crippen MR) is 61.2 cm³/mol. The number of hydrogen-bond donors (Lipinski definition) is 3. The number of aliphatic hydroxyl groups is 1. The molecule has 3 N–H and O–H groups in total. The van der Waals surface area contributed by atoms with Gasteiger partial charge in [0.25, 0.3) is 0 Å². The maximum atomic E-state index is 11.6. The van der Waals surface area contributed by atoms with Crippen molar-refractivity contribution in [3.8, 4) is 0 Å². The Balaban J connectivity index is 3.78. The van der Waals surface area contributed by atoms with Gasteiger partial charge in [0.1, 0.15) is 0 Å². The van der Waals surface area contributed by atoms with Crippen molar-refractivity contribution < 1.29 is 13.5 Å². The molecule has 0 aromatic rings. The Kier molecular flexibility index (Phi) is 5.72. The number of sulfonamides is 1. The van der Waals surface area contributed by atoms with Crippen LogP contribution in [0.5, 0.6) is 0 Å². The van der Waals surface area contributed by atoms with E-state index >= 15 is 0 Å². The molecule has 0 aliphatic heterocycles. The highest BCUT2D eigenvalue weighted by Crippen LogP contribution is 2.12. The lowest BCUT2D eigenvalue weighted by Crippen LogP contribution is -2.42. The summed E-state index contributed by atoms with van der Waals surface area (Å²) in [6, 6.07) is 0. The first kappa shape index (κ1) is 14.8. The molecule has 0 saturated carbocycles. The van der Waals surface area contributed by atoms with Crippen LogP contribution in [0, 0.1) is 0 Å². The first-order valence-corrected chi connectivity index (χ1v) is 6.53. The van der Waals surface area contributed by atoms with Crippen LogP contribution in [-0.2, 0) is 10.0 Å². The summed E-state index contributed by atoms with van der Waals surface area (Å²) in [5.41, 5.74) is 0. The van der Waals surface area contributed by atoms with Crippen LogP contribution in [0.15, 0.2) is 0 Å². The first-order chi connectivity index (χ1) is 6.67. The van der Waals surface area contributed by atoms with E-state index in [2.05, 4.69) is 10.0 Å². The highest BCUT2D eigenvalue weighted by molar-refractivity contribution is 7.90. The molecule has 0 aliphatic rings. The fourth-order valence-corrected chi connectivity index (χ4v) is 1.61. The maximum Gasteiger partial charge on any atom is 0.216 e. The molecule has 0 fully saturated rings. The van der Waals surface area contributed by atoms with Crippen molar-refractivity contribution in [2.24, 2.45) is 0 Å². The van der Waals surface area contributed by atoms with Gasteiger partial charge in [0.15, 0.2) is 0 Å². The van der Waals surface area contributed by atoms with Crippen molar-refractivity contribution >= 4 is 10.0 Å². The Morgan fingerprint density at radius 2 is 1.80 bits per heavy atom. The molecule has 0 aliphatic carbocycles. The van der Waals surface area contributed by atoms with Crippen LogP contribution < -0.4 is 10.0 Å². The van der Waals surface area contributed by atoms with Crippen LogP contribution in [0.4, 0.5) is 0 Å². The molecule has 1 atom stereocenters. The fourth-order valence-electron chi connectivity index (χ4n) is 0.801. The van der Waals surface area contributed by atoms with Gasteiger partial charge in [-0.2, -0.15) is 0 Å². The van der Waals surface area contributed by atoms with Gasteiger partial charge >= 0.3 is 0 Å². The van der Waals surface area contributed by atoms with E-state index in [4.69, 9.17) is 5.11 Å². The van der Waals surface area contributed by atoms with Crippen molar-refractivity contribution in [1.29, 1.82) is 0 Å². The number of aliphatic hydroxyl groups excluding tert-OH is 1. The first-order valence-electron chi connectivity index (χ1n) is 5.05. The van der Waals surface area contributed by atoms with E-state index in [0.717, 1.165) is 0 Å². The normalized spacial score (nSPS) is 15.3. The molecule has 0 aromatic heterocycles. The van der Waals surface area contributed by atoms with Gasteiger partial charge in [0, 0.05) is 19.6 Å². The van der Waals surface area contributed by atoms with Crippen LogP contribution >= 0.6 is 0 Å². The minimum Gasteiger partial charge on any atom is -0.392 e. The summed E-state index contributed by atoms with van der Waals surface area (Å²) in [5, 5.41) is 11.9. The maximum absolute atomic E-state index is 11.6. The third kappa shape index (κ3) is 6.09. The average molecular weight is 238 g/mol. The molecule has 15 heavy (non-hydrogen) atoms. The van der Waals surface area contributed by atoms with E-state index in [1.807, 2.05) is 0 Å². The van der Waals surface area contributed by atoms with Crippen LogP contribution in [-0.4, -0.2) is 44.0 Å². The van der Waals surface area contributed by atoms with Gasteiger partial charge in [-0.25, -0.2) is 13.1 Å². The Morgan fingerprint density at radius 1 is 1.27 bits per heavy atom. The van der Waals surface area contributed by atoms with Crippen LogP contribution in [0.2, 0.25) is 0 Å².